The third kappa shape index (κ3) is 4.64. The van der Waals surface area contributed by atoms with Gasteiger partial charge in [-0.1, -0.05) is 70.9 Å². The fraction of sp³-hybridized carbons (Fsp3) is 0.207. The van der Waals surface area contributed by atoms with Crippen molar-refractivity contribution in [3.8, 4) is 11.4 Å². The summed E-state index contributed by atoms with van der Waals surface area (Å²) in [5.74, 6) is 0.884. The third-order valence-electron chi connectivity index (χ3n) is 6.62. The molecular formula is C29H27ClN4O2. The lowest BCUT2D eigenvalue weighted by atomic mass is 9.92. The van der Waals surface area contributed by atoms with Crippen LogP contribution < -0.4 is 5.32 Å². The number of benzene rings is 3. The number of rotatable bonds is 5. The molecule has 1 aliphatic heterocycles. The first-order chi connectivity index (χ1) is 17.3. The Hall–Kier alpha value is -3.90. The predicted octanol–water partition coefficient (Wildman–Crippen LogP) is 7.01. The van der Waals surface area contributed by atoms with E-state index < -0.39 is 6.04 Å². The van der Waals surface area contributed by atoms with E-state index in [1.807, 2.05) is 68.4 Å². The fourth-order valence-electron chi connectivity index (χ4n) is 4.50. The Labute approximate surface area is 215 Å². The van der Waals surface area contributed by atoms with Gasteiger partial charge < -0.3 is 9.84 Å². The molecule has 2 heterocycles. The standard InChI is InChI=1S/C29H27ClN4O2/c1-17-7-5-9-23(13-17)27-32-28(36-33-27)25-20(4)34(16-21-8-6-10-24(30)15-21)29(35)31-26(25)22-12-11-18(2)19(3)14-22/h5-15,26H,16H2,1-4H3,(H,31,35). The van der Waals surface area contributed by atoms with E-state index in [9.17, 15) is 4.79 Å². The maximum absolute atomic E-state index is 13.4. The van der Waals surface area contributed by atoms with Crippen LogP contribution in [-0.2, 0) is 6.54 Å². The first-order valence-corrected chi connectivity index (χ1v) is 12.2. The minimum atomic E-state index is -0.432. The van der Waals surface area contributed by atoms with Crippen molar-refractivity contribution in [1.82, 2.24) is 20.4 Å². The maximum atomic E-state index is 13.4. The first kappa shape index (κ1) is 23.8. The average Bonchev–Trinajstić information content (AvgIpc) is 3.33. The molecule has 0 bridgehead atoms. The van der Waals surface area contributed by atoms with Crippen molar-refractivity contribution in [2.24, 2.45) is 0 Å². The van der Waals surface area contributed by atoms with Gasteiger partial charge in [-0.3, -0.25) is 4.90 Å². The molecule has 0 radical (unpaired) electrons. The molecule has 5 rings (SSSR count). The summed E-state index contributed by atoms with van der Waals surface area (Å²) in [7, 11) is 0. The number of aryl methyl sites for hydroxylation is 3. The number of nitrogens with one attached hydrogen (secondary N) is 1. The van der Waals surface area contributed by atoms with E-state index in [-0.39, 0.29) is 6.03 Å². The van der Waals surface area contributed by atoms with Crippen molar-refractivity contribution in [1.29, 1.82) is 0 Å². The van der Waals surface area contributed by atoms with Gasteiger partial charge in [-0.15, -0.1) is 0 Å². The summed E-state index contributed by atoms with van der Waals surface area (Å²) >= 11 is 6.20. The van der Waals surface area contributed by atoms with E-state index in [2.05, 4.69) is 36.5 Å². The topological polar surface area (TPSA) is 71.3 Å². The largest absolute Gasteiger partial charge is 0.334 e. The molecule has 7 heteroatoms. The highest BCUT2D eigenvalue weighted by molar-refractivity contribution is 6.30. The number of halogens is 1. The van der Waals surface area contributed by atoms with Gasteiger partial charge in [-0.05, 0) is 68.1 Å². The van der Waals surface area contributed by atoms with Crippen molar-refractivity contribution in [2.75, 3.05) is 0 Å². The summed E-state index contributed by atoms with van der Waals surface area (Å²) in [6.45, 7) is 8.44. The van der Waals surface area contributed by atoms with Gasteiger partial charge in [0, 0.05) is 16.3 Å². The Morgan fingerprint density at radius 3 is 2.53 bits per heavy atom. The molecule has 1 aromatic heterocycles. The van der Waals surface area contributed by atoms with Crippen molar-refractivity contribution < 1.29 is 9.32 Å². The van der Waals surface area contributed by atoms with Gasteiger partial charge in [-0.2, -0.15) is 4.98 Å². The van der Waals surface area contributed by atoms with E-state index in [1.165, 1.54) is 5.56 Å². The highest BCUT2D eigenvalue weighted by atomic mass is 35.5. The number of urea groups is 1. The zero-order valence-corrected chi connectivity index (χ0v) is 21.4. The highest BCUT2D eigenvalue weighted by Gasteiger charge is 2.36. The molecule has 36 heavy (non-hydrogen) atoms. The number of amides is 2. The second kappa shape index (κ2) is 9.63. The molecule has 6 nitrogen and oxygen atoms in total. The molecule has 0 spiro atoms. The first-order valence-electron chi connectivity index (χ1n) is 11.8. The van der Waals surface area contributed by atoms with Gasteiger partial charge in [0.2, 0.25) is 5.82 Å². The van der Waals surface area contributed by atoms with Crippen molar-refractivity contribution in [3.05, 3.63) is 111 Å². The van der Waals surface area contributed by atoms with E-state index in [0.29, 0.717) is 23.3 Å². The predicted molar refractivity (Wildman–Crippen MR) is 141 cm³/mol. The summed E-state index contributed by atoms with van der Waals surface area (Å²) in [5, 5.41) is 8.06. The minimum absolute atomic E-state index is 0.196. The van der Waals surface area contributed by atoms with Crippen molar-refractivity contribution >= 4 is 23.2 Å². The van der Waals surface area contributed by atoms with Crippen LogP contribution in [-0.4, -0.2) is 21.1 Å². The summed E-state index contributed by atoms with van der Waals surface area (Å²) in [6, 6.07) is 21.0. The molecule has 0 fully saturated rings. The highest BCUT2D eigenvalue weighted by Crippen LogP contribution is 2.38. The third-order valence-corrected chi connectivity index (χ3v) is 6.86. The van der Waals surface area contributed by atoms with Crippen molar-refractivity contribution in [3.63, 3.8) is 0 Å². The van der Waals surface area contributed by atoms with E-state index >= 15 is 0 Å². The molecule has 1 unspecified atom stereocenters. The molecule has 3 aromatic carbocycles. The zero-order chi connectivity index (χ0) is 25.4. The van der Waals surface area contributed by atoms with Crippen LogP contribution >= 0.6 is 11.6 Å². The summed E-state index contributed by atoms with van der Waals surface area (Å²) in [5.41, 5.74) is 7.72. The zero-order valence-electron chi connectivity index (χ0n) is 20.7. The molecule has 4 aromatic rings. The lowest BCUT2D eigenvalue weighted by Crippen LogP contribution is -2.45. The molecule has 0 saturated heterocycles. The monoisotopic (exact) mass is 498 g/mol. The fourth-order valence-corrected chi connectivity index (χ4v) is 4.71. The van der Waals surface area contributed by atoms with Gasteiger partial charge in [0.1, 0.15) is 0 Å². The number of allylic oxidation sites excluding steroid dienone is 1. The molecule has 1 atom stereocenters. The van der Waals surface area contributed by atoms with Crippen LogP contribution in [0.5, 0.6) is 0 Å². The lowest BCUT2D eigenvalue weighted by molar-refractivity contribution is 0.203. The number of carbonyl (C=O) groups is 1. The summed E-state index contributed by atoms with van der Waals surface area (Å²) in [6.07, 6.45) is 0. The van der Waals surface area contributed by atoms with Crippen LogP contribution in [0, 0.1) is 20.8 Å². The summed E-state index contributed by atoms with van der Waals surface area (Å²) < 4.78 is 5.81. The SMILES string of the molecule is CC1=C(c2nc(-c3cccc(C)c3)no2)C(c2ccc(C)c(C)c2)NC(=O)N1Cc1cccc(Cl)c1. The van der Waals surface area contributed by atoms with Crippen LogP contribution in [0.3, 0.4) is 0 Å². The second-order valence-electron chi connectivity index (χ2n) is 9.23. The van der Waals surface area contributed by atoms with Crippen LogP contribution in [0.15, 0.2) is 77.0 Å². The smallest absolute Gasteiger partial charge is 0.322 e. The Kier molecular flexibility index (Phi) is 6.37. The normalized spacial score (nSPS) is 15.9. The summed E-state index contributed by atoms with van der Waals surface area (Å²) in [4.78, 5) is 19.8. The molecule has 0 aliphatic carbocycles. The lowest BCUT2D eigenvalue weighted by Gasteiger charge is -2.35. The molecule has 182 valence electrons. The minimum Gasteiger partial charge on any atom is -0.334 e. The Balaban J connectivity index is 1.62. The van der Waals surface area contributed by atoms with E-state index in [4.69, 9.17) is 21.1 Å². The van der Waals surface area contributed by atoms with Crippen molar-refractivity contribution in [2.45, 2.75) is 40.3 Å². The molecule has 1 aliphatic rings. The van der Waals surface area contributed by atoms with Gasteiger partial charge >= 0.3 is 6.03 Å². The molecule has 0 saturated carbocycles. The van der Waals surface area contributed by atoms with Gasteiger partial charge in [-0.25, -0.2) is 4.79 Å². The maximum Gasteiger partial charge on any atom is 0.322 e. The molecular weight excluding hydrogens is 472 g/mol. The number of carbonyl (C=O) groups excluding carboxylic acids is 1. The number of nitrogens with zero attached hydrogens (tertiary/aromatic N) is 3. The van der Waals surface area contributed by atoms with Crippen LogP contribution in [0.4, 0.5) is 4.79 Å². The molecule has 2 amide bonds. The number of hydrogen-bond donors (Lipinski definition) is 1. The van der Waals surface area contributed by atoms with Gasteiger partial charge in [0.15, 0.2) is 0 Å². The number of hydrogen-bond acceptors (Lipinski definition) is 4. The quantitative estimate of drug-likeness (QED) is 0.321. The van der Waals surface area contributed by atoms with E-state index in [1.54, 1.807) is 4.90 Å². The second-order valence-corrected chi connectivity index (χ2v) is 9.67. The molecule has 1 N–H and O–H groups in total. The van der Waals surface area contributed by atoms with Gasteiger partial charge in [0.05, 0.1) is 18.2 Å². The Morgan fingerprint density at radius 2 is 1.78 bits per heavy atom. The Morgan fingerprint density at radius 1 is 0.972 bits per heavy atom. The average molecular weight is 499 g/mol. The van der Waals surface area contributed by atoms with Crippen LogP contribution in [0.25, 0.3) is 17.0 Å². The van der Waals surface area contributed by atoms with Crippen LogP contribution in [0.1, 0.15) is 46.7 Å². The van der Waals surface area contributed by atoms with Gasteiger partial charge in [0.25, 0.3) is 5.89 Å². The Bertz CT molecular complexity index is 1490. The number of aromatic nitrogens is 2. The van der Waals surface area contributed by atoms with E-state index in [0.717, 1.165) is 39.1 Å². The van der Waals surface area contributed by atoms with Crippen LogP contribution in [0.2, 0.25) is 5.02 Å².